The summed E-state index contributed by atoms with van der Waals surface area (Å²) in [5.74, 6) is 1.34. The number of pyridine rings is 1. The highest BCUT2D eigenvalue weighted by molar-refractivity contribution is 5.87. The van der Waals surface area contributed by atoms with Crippen LogP contribution in [0.5, 0.6) is 0 Å². The number of nitrogens with zero attached hydrogens (tertiary/aromatic N) is 4. The predicted molar refractivity (Wildman–Crippen MR) is 89.3 cm³/mol. The van der Waals surface area contributed by atoms with E-state index >= 15 is 0 Å². The molecule has 4 aromatic rings. The van der Waals surface area contributed by atoms with Crippen LogP contribution in [-0.2, 0) is 0 Å². The second-order valence-corrected chi connectivity index (χ2v) is 5.85. The third-order valence-corrected chi connectivity index (χ3v) is 4.02. The maximum atomic E-state index is 5.56. The molecule has 24 heavy (non-hydrogen) atoms. The Hall–Kier alpha value is -3.22. The molecule has 1 saturated carbocycles. The molecule has 0 aliphatic heterocycles. The fourth-order valence-corrected chi connectivity index (χ4v) is 2.66. The van der Waals surface area contributed by atoms with Crippen LogP contribution in [0, 0.1) is 0 Å². The number of aromatic amines is 1. The van der Waals surface area contributed by atoms with Crippen LogP contribution in [0.15, 0.2) is 47.3 Å². The summed E-state index contributed by atoms with van der Waals surface area (Å²) >= 11 is 0. The maximum absolute atomic E-state index is 5.56. The van der Waals surface area contributed by atoms with E-state index in [9.17, 15) is 0 Å². The van der Waals surface area contributed by atoms with Crippen LogP contribution in [0.25, 0.3) is 33.7 Å². The van der Waals surface area contributed by atoms with Crippen molar-refractivity contribution in [2.24, 2.45) is 0 Å². The van der Waals surface area contributed by atoms with E-state index < -0.39 is 0 Å². The molecule has 1 aliphatic carbocycles. The molecule has 7 heteroatoms. The van der Waals surface area contributed by atoms with Crippen molar-refractivity contribution in [3.63, 3.8) is 0 Å². The van der Waals surface area contributed by atoms with Gasteiger partial charge < -0.3 is 9.73 Å². The number of hydrogen-bond acceptors (Lipinski definition) is 6. The van der Waals surface area contributed by atoms with Crippen molar-refractivity contribution in [2.45, 2.75) is 18.9 Å². The van der Waals surface area contributed by atoms with Gasteiger partial charge in [-0.15, -0.1) is 0 Å². The minimum atomic E-state index is 0.499. The fourth-order valence-electron chi connectivity index (χ4n) is 2.66. The largest absolute Gasteiger partial charge is 0.463 e. The van der Waals surface area contributed by atoms with Gasteiger partial charge in [-0.05, 0) is 37.1 Å². The topological polar surface area (TPSA) is 92.5 Å². The molecule has 1 aliphatic rings. The minimum Gasteiger partial charge on any atom is -0.463 e. The molecule has 4 aromatic heterocycles. The summed E-state index contributed by atoms with van der Waals surface area (Å²) in [6.45, 7) is 0. The lowest BCUT2D eigenvalue weighted by Crippen LogP contribution is -2.05. The van der Waals surface area contributed by atoms with Gasteiger partial charge in [-0.3, -0.25) is 5.10 Å². The van der Waals surface area contributed by atoms with Crippen LogP contribution in [0.3, 0.4) is 0 Å². The van der Waals surface area contributed by atoms with Crippen molar-refractivity contribution < 1.29 is 4.42 Å². The Morgan fingerprint density at radius 3 is 3.00 bits per heavy atom. The van der Waals surface area contributed by atoms with Crippen molar-refractivity contribution in [2.75, 3.05) is 5.32 Å². The Kier molecular flexibility index (Phi) is 2.84. The lowest BCUT2D eigenvalue weighted by Gasteiger charge is -2.09. The van der Waals surface area contributed by atoms with Gasteiger partial charge in [0.15, 0.2) is 11.4 Å². The van der Waals surface area contributed by atoms with Crippen molar-refractivity contribution >= 4 is 17.0 Å². The molecule has 0 aromatic carbocycles. The first kappa shape index (κ1) is 13.2. The Labute approximate surface area is 137 Å². The Morgan fingerprint density at radius 1 is 1.21 bits per heavy atom. The molecule has 0 unspecified atom stereocenters. The van der Waals surface area contributed by atoms with Gasteiger partial charge in [-0.2, -0.15) is 5.10 Å². The van der Waals surface area contributed by atoms with Crippen molar-refractivity contribution in [3.8, 4) is 22.7 Å². The normalized spacial score (nSPS) is 14.2. The molecule has 118 valence electrons. The summed E-state index contributed by atoms with van der Waals surface area (Å²) in [5, 5.41) is 11.2. The molecule has 0 atom stereocenters. The van der Waals surface area contributed by atoms with Crippen LogP contribution in [0.1, 0.15) is 12.8 Å². The summed E-state index contributed by atoms with van der Waals surface area (Å²) in [4.78, 5) is 13.6. The molecule has 1 fully saturated rings. The van der Waals surface area contributed by atoms with Crippen LogP contribution in [0.4, 0.5) is 5.95 Å². The Bertz CT molecular complexity index is 1000. The van der Waals surface area contributed by atoms with E-state index in [1.807, 2.05) is 24.3 Å². The highest BCUT2D eigenvalue weighted by Gasteiger charge is 2.22. The zero-order valence-corrected chi connectivity index (χ0v) is 12.7. The Balaban J connectivity index is 1.68. The lowest BCUT2D eigenvalue weighted by molar-refractivity contribution is 0.580. The van der Waals surface area contributed by atoms with Crippen molar-refractivity contribution in [1.29, 1.82) is 0 Å². The summed E-state index contributed by atoms with van der Waals surface area (Å²) < 4.78 is 5.56. The molecule has 0 amide bonds. The molecule has 2 N–H and O–H groups in total. The van der Waals surface area contributed by atoms with Crippen LogP contribution in [-0.4, -0.2) is 31.2 Å². The summed E-state index contributed by atoms with van der Waals surface area (Å²) in [6, 6.07) is 8.14. The number of anilines is 1. The van der Waals surface area contributed by atoms with Gasteiger partial charge in [0.05, 0.1) is 18.2 Å². The fraction of sp³-hybridized carbons (Fsp3) is 0.176. The quantitative estimate of drug-likeness (QED) is 0.600. The van der Waals surface area contributed by atoms with Crippen molar-refractivity contribution in [3.05, 3.63) is 42.9 Å². The van der Waals surface area contributed by atoms with Gasteiger partial charge in [-0.25, -0.2) is 15.0 Å². The second-order valence-electron chi connectivity index (χ2n) is 5.85. The van der Waals surface area contributed by atoms with E-state index in [4.69, 9.17) is 4.42 Å². The lowest BCUT2D eigenvalue weighted by atomic mass is 10.1. The van der Waals surface area contributed by atoms with Gasteiger partial charge in [0.2, 0.25) is 5.95 Å². The highest BCUT2D eigenvalue weighted by Crippen LogP contribution is 2.32. The number of aromatic nitrogens is 5. The number of rotatable bonds is 4. The first-order valence-electron chi connectivity index (χ1n) is 7.85. The Morgan fingerprint density at radius 2 is 2.17 bits per heavy atom. The SMILES string of the molecule is c1coc(-c2nc3[nH]ncc3cc2-c2ccnc(NC3CC3)n2)c1. The smallest absolute Gasteiger partial charge is 0.223 e. The molecule has 0 saturated heterocycles. The van der Waals surface area contributed by atoms with E-state index in [0.29, 0.717) is 17.8 Å². The van der Waals surface area contributed by atoms with E-state index in [-0.39, 0.29) is 0 Å². The average molecular weight is 318 g/mol. The second kappa shape index (κ2) is 5.16. The number of H-pyrrole nitrogens is 1. The molecule has 7 nitrogen and oxygen atoms in total. The van der Waals surface area contributed by atoms with Crippen LogP contribution in [0.2, 0.25) is 0 Å². The summed E-state index contributed by atoms with van der Waals surface area (Å²) in [5.41, 5.74) is 3.14. The van der Waals surface area contributed by atoms with Crippen LogP contribution < -0.4 is 5.32 Å². The predicted octanol–water partition coefficient (Wildman–Crippen LogP) is 3.25. The molecule has 5 rings (SSSR count). The van der Waals surface area contributed by atoms with Crippen LogP contribution >= 0.6 is 0 Å². The summed E-state index contributed by atoms with van der Waals surface area (Å²) in [7, 11) is 0. The summed E-state index contributed by atoms with van der Waals surface area (Å²) in [6.07, 6.45) is 7.50. The van der Waals surface area contributed by atoms with E-state index in [1.165, 1.54) is 12.8 Å². The number of furan rings is 1. The first-order chi connectivity index (χ1) is 11.9. The molecule has 4 heterocycles. The number of hydrogen-bond donors (Lipinski definition) is 2. The van der Waals surface area contributed by atoms with Gasteiger partial charge in [0.25, 0.3) is 0 Å². The van der Waals surface area contributed by atoms with Gasteiger partial charge in [0.1, 0.15) is 5.69 Å². The third-order valence-electron chi connectivity index (χ3n) is 4.02. The zero-order valence-electron chi connectivity index (χ0n) is 12.7. The maximum Gasteiger partial charge on any atom is 0.223 e. The van der Waals surface area contributed by atoms with E-state index in [0.717, 1.165) is 28.0 Å². The van der Waals surface area contributed by atoms with Crippen molar-refractivity contribution in [1.82, 2.24) is 25.1 Å². The molecular formula is C17H14N6O. The van der Waals surface area contributed by atoms with E-state index in [1.54, 1.807) is 18.7 Å². The number of nitrogens with one attached hydrogen (secondary N) is 2. The monoisotopic (exact) mass is 318 g/mol. The number of fused-ring (bicyclic) bond motifs is 1. The third kappa shape index (κ3) is 2.30. The zero-order chi connectivity index (χ0) is 15.9. The molecule has 0 radical (unpaired) electrons. The van der Waals surface area contributed by atoms with Gasteiger partial charge in [0, 0.05) is 23.2 Å². The average Bonchev–Trinajstić information content (AvgIpc) is 3.10. The molecular weight excluding hydrogens is 304 g/mol. The van der Waals surface area contributed by atoms with Gasteiger partial charge >= 0.3 is 0 Å². The highest BCUT2D eigenvalue weighted by atomic mass is 16.3. The van der Waals surface area contributed by atoms with Gasteiger partial charge in [-0.1, -0.05) is 0 Å². The molecule has 0 bridgehead atoms. The standard InChI is InChI=1S/C17H14N6O/c1-2-14(24-7-1)15-12(8-10-9-19-23-16(10)22-15)13-5-6-18-17(21-13)20-11-3-4-11/h1-2,5-9,11H,3-4H2,(H,18,20,21)(H,19,22,23). The molecule has 0 spiro atoms. The minimum absolute atomic E-state index is 0.499. The van der Waals surface area contributed by atoms with E-state index in [2.05, 4.69) is 30.5 Å². The first-order valence-corrected chi connectivity index (χ1v) is 7.85.